The molecule has 61 heavy (non-hydrogen) atoms. The van der Waals surface area contributed by atoms with Crippen LogP contribution in [0.4, 0.5) is 4.79 Å². The zero-order valence-corrected chi connectivity index (χ0v) is 36.4. The number of sulfonamides is 1. The van der Waals surface area contributed by atoms with Crippen molar-refractivity contribution in [3.8, 4) is 17.4 Å². The molecular weight excluding hydrogens is 825 g/mol. The van der Waals surface area contributed by atoms with E-state index in [9.17, 15) is 27.6 Å². The molecule has 5 atom stereocenters. The number of carbonyl (C=O) groups excluding carboxylic acids is 4. The Bertz CT molecular complexity index is 2290. The lowest BCUT2D eigenvalue weighted by Gasteiger charge is -2.32. The average Bonchev–Trinajstić information content (AvgIpc) is 3.97. The van der Waals surface area contributed by atoms with E-state index in [4.69, 9.17) is 23.9 Å². The van der Waals surface area contributed by atoms with Gasteiger partial charge in [0.05, 0.1) is 42.2 Å². The zero-order chi connectivity index (χ0) is 43.1. The molecule has 1 aromatic carbocycles. The monoisotopic (exact) mass is 878 g/mol. The number of aryl methyl sites for hydroxylation is 1. The third-order valence-electron chi connectivity index (χ3n) is 12.7. The number of nitrogens with zero attached hydrogens (tertiary/aromatic N) is 3. The lowest BCUT2D eigenvalue weighted by molar-refractivity contribution is -0.142. The summed E-state index contributed by atoms with van der Waals surface area (Å²) in [5, 5.41) is 7.65. The minimum Gasteiger partial charge on any atom is -0.496 e. The second kappa shape index (κ2) is 17.1. The number of benzene rings is 1. The molecule has 8 rings (SSSR count). The molecule has 0 spiro atoms. The van der Waals surface area contributed by atoms with Gasteiger partial charge in [-0.25, -0.2) is 23.2 Å². The summed E-state index contributed by atoms with van der Waals surface area (Å²) in [6.45, 7) is 8.12. The first-order valence-corrected chi connectivity index (χ1v) is 23.6. The minimum atomic E-state index is -3.92. The Kier molecular flexibility index (Phi) is 11.9. The normalized spacial score (nSPS) is 27.0. The van der Waals surface area contributed by atoms with E-state index in [2.05, 4.69) is 26.9 Å². The largest absolute Gasteiger partial charge is 0.496 e. The summed E-state index contributed by atoms with van der Waals surface area (Å²) in [7, 11) is -2.32. The second-order valence-electron chi connectivity index (χ2n) is 17.8. The number of cyclic esters (lactones) is 1. The topological polar surface area (TPSA) is 204 Å². The van der Waals surface area contributed by atoms with Gasteiger partial charge < -0.3 is 34.5 Å². The van der Waals surface area contributed by atoms with Crippen LogP contribution in [0.3, 0.4) is 0 Å². The van der Waals surface area contributed by atoms with Crippen LogP contribution in [-0.2, 0) is 42.2 Å². The first-order valence-electron chi connectivity index (χ1n) is 21.1. The van der Waals surface area contributed by atoms with Crippen LogP contribution >= 0.6 is 11.3 Å². The van der Waals surface area contributed by atoms with Crippen LogP contribution in [0.15, 0.2) is 41.7 Å². The van der Waals surface area contributed by atoms with Crippen LogP contribution in [0, 0.1) is 17.3 Å². The summed E-state index contributed by atoms with van der Waals surface area (Å²) in [5.41, 5.74) is 1.96. The van der Waals surface area contributed by atoms with Crippen molar-refractivity contribution in [1.82, 2.24) is 30.2 Å². The van der Waals surface area contributed by atoms with Crippen LogP contribution in [0.2, 0.25) is 0 Å². The molecule has 328 valence electrons. The summed E-state index contributed by atoms with van der Waals surface area (Å²) >= 11 is 1.45. The molecule has 5 aliphatic rings. The first kappa shape index (κ1) is 42.7. The predicted octanol–water partition coefficient (Wildman–Crippen LogP) is 4.94. The van der Waals surface area contributed by atoms with Crippen LogP contribution in [0.25, 0.3) is 10.9 Å². The highest BCUT2D eigenvalue weighted by Crippen LogP contribution is 2.46. The van der Waals surface area contributed by atoms with Crippen molar-refractivity contribution in [2.24, 2.45) is 17.3 Å². The highest BCUT2D eigenvalue weighted by molar-refractivity contribution is 7.91. The number of carbonyl (C=O) groups is 4. The summed E-state index contributed by atoms with van der Waals surface area (Å²) in [6.07, 6.45) is 6.42. The molecule has 4 amide bonds. The van der Waals surface area contributed by atoms with E-state index in [0.717, 1.165) is 36.9 Å². The number of ether oxygens (including phenoxy) is 4. The van der Waals surface area contributed by atoms with Crippen LogP contribution in [0.1, 0.15) is 89.3 Å². The zero-order valence-electron chi connectivity index (χ0n) is 34.8. The van der Waals surface area contributed by atoms with E-state index in [1.807, 2.05) is 31.4 Å². The minimum absolute atomic E-state index is 0.0201. The SMILES string of the molecule is C=C[C@@H]1CC1(NC(=O)[C@@H]1C[C@@H]2CN1C(=O)[C@H](C1CCCC1)NC(=O)OCC(C)(C)CCCc1cc3c(cc(OCc4cscn4)nc3cc1OC)O2)C(=O)NS(=O)(=O)C1CC1. The number of fused-ring (bicyclic) bond motifs is 3. The molecule has 16 nitrogen and oxygen atoms in total. The maximum atomic E-state index is 14.9. The average molecular weight is 879 g/mol. The van der Waals surface area contributed by atoms with E-state index in [1.54, 1.807) is 18.7 Å². The van der Waals surface area contributed by atoms with Crippen LogP contribution < -0.4 is 29.6 Å². The second-order valence-corrected chi connectivity index (χ2v) is 20.5. The molecule has 4 bridgehead atoms. The van der Waals surface area contributed by atoms with Crippen LogP contribution in [0.5, 0.6) is 17.4 Å². The number of methoxy groups -OCH3 is 1. The number of aromatic nitrogens is 2. The summed E-state index contributed by atoms with van der Waals surface area (Å²) < 4.78 is 52.5. The number of rotatable bonds is 11. The van der Waals surface area contributed by atoms with Gasteiger partial charge in [0, 0.05) is 35.2 Å². The van der Waals surface area contributed by atoms with Crippen LogP contribution in [-0.4, -0.2) is 96.3 Å². The molecular formula is C43H54N6O10S2. The Morgan fingerprint density at radius 1 is 1.13 bits per heavy atom. The van der Waals surface area contributed by atoms with Gasteiger partial charge in [-0.3, -0.25) is 19.1 Å². The quantitative estimate of drug-likeness (QED) is 0.219. The fourth-order valence-electron chi connectivity index (χ4n) is 8.94. The van der Waals surface area contributed by atoms with E-state index >= 15 is 0 Å². The number of nitrogens with one attached hydrogen (secondary N) is 3. The lowest BCUT2D eigenvalue weighted by Crippen LogP contribution is -2.59. The van der Waals surface area contributed by atoms with E-state index in [-0.39, 0.29) is 44.4 Å². The number of pyridine rings is 1. The van der Waals surface area contributed by atoms with E-state index in [1.165, 1.54) is 22.3 Å². The van der Waals surface area contributed by atoms with E-state index < -0.39 is 74.1 Å². The van der Waals surface area contributed by atoms with Gasteiger partial charge in [-0.1, -0.05) is 32.8 Å². The van der Waals surface area contributed by atoms with E-state index in [0.29, 0.717) is 54.5 Å². The molecule has 1 saturated heterocycles. The van der Waals surface area contributed by atoms with Gasteiger partial charge in [0.25, 0.3) is 5.91 Å². The van der Waals surface area contributed by atoms with Gasteiger partial charge in [0.15, 0.2) is 0 Å². The van der Waals surface area contributed by atoms with Crippen molar-refractivity contribution < 1.29 is 46.5 Å². The maximum Gasteiger partial charge on any atom is 0.407 e. The number of amides is 4. The summed E-state index contributed by atoms with van der Waals surface area (Å²) in [4.78, 5) is 67.3. The standard InChI is InChI=1S/C43H54N6O10S2/c1-5-27-19-43(27,40(52)48-61(54,55)30-12-13-30)47-38(50)33-16-29-20-49(33)39(51)37(25-9-6-7-10-25)46-41(53)58-23-42(2,3)14-8-11-26-15-31-32(17-34(26)56-4)45-36(18-35(31)59-29)57-21-28-22-60-24-44-28/h5,15,17-18,22,24-25,27,29-30,33,37H,1,6-14,16,19-21,23H2,2-4H3,(H,46,53)(H,47,50)(H,48,52)/t27-,29-,33+,37+,43?/m1/s1. The Balaban J connectivity index is 1.16. The van der Waals surface area contributed by atoms with Gasteiger partial charge in [-0.2, -0.15) is 0 Å². The molecule has 1 unspecified atom stereocenters. The van der Waals surface area contributed by atoms with Crippen molar-refractivity contribution >= 4 is 56.1 Å². The molecule has 3 aromatic rings. The molecule has 0 radical (unpaired) electrons. The van der Waals surface area contributed by atoms with Gasteiger partial charge in [0.1, 0.15) is 41.8 Å². The predicted molar refractivity (Wildman–Crippen MR) is 225 cm³/mol. The highest BCUT2D eigenvalue weighted by Gasteiger charge is 2.62. The van der Waals surface area contributed by atoms with Gasteiger partial charge in [0.2, 0.25) is 27.7 Å². The highest BCUT2D eigenvalue weighted by atomic mass is 32.2. The number of hydrogen-bond acceptors (Lipinski definition) is 13. The van der Waals surface area contributed by atoms with Crippen molar-refractivity contribution in [1.29, 1.82) is 0 Å². The molecule has 18 heteroatoms. The molecule has 2 aromatic heterocycles. The van der Waals surface area contributed by atoms with Crippen molar-refractivity contribution in [3.05, 3.63) is 53.0 Å². The van der Waals surface area contributed by atoms with Crippen molar-refractivity contribution in [3.63, 3.8) is 0 Å². The maximum absolute atomic E-state index is 14.9. The third-order valence-corrected chi connectivity index (χ3v) is 15.2. The Hall–Kier alpha value is -4.97. The first-order chi connectivity index (χ1) is 29.2. The summed E-state index contributed by atoms with van der Waals surface area (Å²) in [5.74, 6) is -1.36. The number of thiazole rings is 1. The smallest absolute Gasteiger partial charge is 0.407 e. The molecule has 3 N–H and O–H groups in total. The molecule has 2 aliphatic heterocycles. The summed E-state index contributed by atoms with van der Waals surface area (Å²) in [6, 6.07) is 3.39. The van der Waals surface area contributed by atoms with Gasteiger partial charge in [-0.15, -0.1) is 17.9 Å². The molecule has 4 heterocycles. The van der Waals surface area contributed by atoms with Gasteiger partial charge >= 0.3 is 6.09 Å². The van der Waals surface area contributed by atoms with Crippen molar-refractivity contribution in [2.75, 3.05) is 20.3 Å². The Morgan fingerprint density at radius 3 is 2.61 bits per heavy atom. The molecule has 3 saturated carbocycles. The number of hydrogen-bond donors (Lipinski definition) is 3. The Morgan fingerprint density at radius 2 is 1.92 bits per heavy atom. The number of alkyl carbamates (subject to hydrolysis) is 1. The molecule has 4 fully saturated rings. The lowest BCUT2D eigenvalue weighted by atomic mass is 9.87. The third kappa shape index (κ3) is 9.30. The Labute approximate surface area is 359 Å². The van der Waals surface area contributed by atoms with Crippen molar-refractivity contribution in [2.45, 2.75) is 120 Å². The fraction of sp³-hybridized carbons (Fsp3) is 0.581. The fourth-order valence-corrected chi connectivity index (χ4v) is 10.8. The molecule has 3 aliphatic carbocycles. The van der Waals surface area contributed by atoms with Gasteiger partial charge in [-0.05, 0) is 74.3 Å².